The third-order valence-electron chi connectivity index (χ3n) is 3.79. The molecule has 110 valence electrons. The van der Waals surface area contributed by atoms with Gasteiger partial charge in [0.05, 0.1) is 12.2 Å². The van der Waals surface area contributed by atoms with Gasteiger partial charge in [0.2, 0.25) is 11.9 Å². The fourth-order valence-electron chi connectivity index (χ4n) is 2.80. The molecule has 0 saturated carbocycles. The molecular weight excluding hydrogens is 272 g/mol. The summed E-state index contributed by atoms with van der Waals surface area (Å²) >= 11 is 0. The maximum absolute atomic E-state index is 5.85. The number of nitrogens with zero attached hydrogens (tertiary/aromatic N) is 7. The first kappa shape index (κ1) is 12.5. The van der Waals surface area contributed by atoms with Crippen molar-refractivity contribution in [2.45, 2.75) is 25.0 Å². The van der Waals surface area contributed by atoms with Crippen LogP contribution in [0.5, 0.6) is 0 Å². The zero-order valence-electron chi connectivity index (χ0n) is 11.7. The van der Waals surface area contributed by atoms with Crippen molar-refractivity contribution in [2.24, 2.45) is 0 Å². The second kappa shape index (κ2) is 4.92. The SMILES string of the molecule is CNc1nc(N2CC3CCC(C2)O3)nc(-n2cncn2)n1. The molecule has 0 aliphatic carbocycles. The Hall–Kier alpha value is -2.29. The van der Waals surface area contributed by atoms with Crippen LogP contribution in [-0.4, -0.2) is 62.1 Å². The van der Waals surface area contributed by atoms with Gasteiger partial charge in [0, 0.05) is 20.1 Å². The van der Waals surface area contributed by atoms with Crippen molar-refractivity contribution in [2.75, 3.05) is 30.4 Å². The first-order valence-corrected chi connectivity index (χ1v) is 7.01. The fraction of sp³-hybridized carbons (Fsp3) is 0.583. The molecule has 9 heteroatoms. The minimum Gasteiger partial charge on any atom is -0.371 e. The lowest BCUT2D eigenvalue weighted by Gasteiger charge is -2.32. The van der Waals surface area contributed by atoms with Crippen LogP contribution in [-0.2, 0) is 4.74 Å². The van der Waals surface area contributed by atoms with Gasteiger partial charge >= 0.3 is 0 Å². The van der Waals surface area contributed by atoms with Gasteiger partial charge < -0.3 is 15.0 Å². The van der Waals surface area contributed by atoms with Gasteiger partial charge in [-0.15, -0.1) is 0 Å². The second-order valence-corrected chi connectivity index (χ2v) is 5.21. The van der Waals surface area contributed by atoms with E-state index in [2.05, 4.69) is 35.3 Å². The van der Waals surface area contributed by atoms with Crippen LogP contribution in [0.3, 0.4) is 0 Å². The van der Waals surface area contributed by atoms with Crippen LogP contribution in [0.25, 0.3) is 5.95 Å². The van der Waals surface area contributed by atoms with Gasteiger partial charge in [-0.1, -0.05) is 0 Å². The Morgan fingerprint density at radius 2 is 1.90 bits per heavy atom. The molecule has 0 amide bonds. The summed E-state index contributed by atoms with van der Waals surface area (Å²) in [5.41, 5.74) is 0. The van der Waals surface area contributed by atoms with Crippen LogP contribution in [0.2, 0.25) is 0 Å². The number of ether oxygens (including phenoxy) is 1. The lowest BCUT2D eigenvalue weighted by Crippen LogP contribution is -2.43. The third-order valence-corrected chi connectivity index (χ3v) is 3.79. The van der Waals surface area contributed by atoms with E-state index in [0.717, 1.165) is 25.9 Å². The van der Waals surface area contributed by atoms with Gasteiger partial charge in [0.1, 0.15) is 12.7 Å². The molecule has 4 heterocycles. The Kier molecular flexibility index (Phi) is 2.92. The highest BCUT2D eigenvalue weighted by atomic mass is 16.5. The van der Waals surface area contributed by atoms with Gasteiger partial charge in [0.15, 0.2) is 0 Å². The largest absolute Gasteiger partial charge is 0.371 e. The Morgan fingerprint density at radius 3 is 2.57 bits per heavy atom. The Balaban J connectivity index is 1.69. The van der Waals surface area contributed by atoms with Crippen LogP contribution >= 0.6 is 0 Å². The molecule has 0 radical (unpaired) electrons. The minimum atomic E-state index is 0.286. The lowest BCUT2D eigenvalue weighted by molar-refractivity contribution is 0.0299. The first-order valence-electron chi connectivity index (χ1n) is 7.01. The molecule has 2 aromatic heterocycles. The quantitative estimate of drug-likeness (QED) is 0.834. The Labute approximate surface area is 121 Å². The minimum absolute atomic E-state index is 0.286. The fourth-order valence-corrected chi connectivity index (χ4v) is 2.80. The van der Waals surface area contributed by atoms with Crippen LogP contribution in [0.15, 0.2) is 12.7 Å². The van der Waals surface area contributed by atoms with E-state index in [4.69, 9.17) is 4.74 Å². The molecule has 2 bridgehead atoms. The number of nitrogens with one attached hydrogen (secondary N) is 1. The van der Waals surface area contributed by atoms with Crippen molar-refractivity contribution in [3.05, 3.63) is 12.7 Å². The zero-order chi connectivity index (χ0) is 14.2. The lowest BCUT2D eigenvalue weighted by atomic mass is 10.2. The van der Waals surface area contributed by atoms with E-state index in [1.54, 1.807) is 13.4 Å². The molecule has 1 N–H and O–H groups in total. The maximum Gasteiger partial charge on any atom is 0.258 e. The number of fused-ring (bicyclic) bond motifs is 2. The topological polar surface area (TPSA) is 93.9 Å². The van der Waals surface area contributed by atoms with Crippen LogP contribution in [0.4, 0.5) is 11.9 Å². The maximum atomic E-state index is 5.85. The molecule has 21 heavy (non-hydrogen) atoms. The normalized spacial score (nSPS) is 24.3. The van der Waals surface area contributed by atoms with Crippen LogP contribution in [0, 0.1) is 0 Å². The predicted octanol–water partition coefficient (Wildman–Crippen LogP) is -0.138. The van der Waals surface area contributed by atoms with Crippen LogP contribution in [0.1, 0.15) is 12.8 Å². The molecule has 2 aliphatic rings. The van der Waals surface area contributed by atoms with Crippen molar-refractivity contribution < 1.29 is 4.74 Å². The first-order chi connectivity index (χ1) is 10.3. The average Bonchev–Trinajstić information content (AvgIpc) is 3.16. The van der Waals surface area contributed by atoms with Gasteiger partial charge in [-0.25, -0.2) is 4.98 Å². The Morgan fingerprint density at radius 1 is 1.14 bits per heavy atom. The molecule has 0 spiro atoms. The van der Waals surface area contributed by atoms with Crippen molar-refractivity contribution in [1.29, 1.82) is 0 Å². The number of morpholine rings is 1. The second-order valence-electron chi connectivity index (χ2n) is 5.21. The van der Waals surface area contributed by atoms with E-state index in [-0.39, 0.29) is 12.2 Å². The van der Waals surface area contributed by atoms with Crippen molar-refractivity contribution >= 4 is 11.9 Å². The highest BCUT2D eigenvalue weighted by Crippen LogP contribution is 2.28. The summed E-state index contributed by atoms with van der Waals surface area (Å²) < 4.78 is 7.38. The molecular formula is C12H16N8O. The number of rotatable bonds is 3. The molecule has 2 atom stereocenters. The van der Waals surface area contributed by atoms with E-state index >= 15 is 0 Å². The van der Waals surface area contributed by atoms with E-state index in [1.165, 1.54) is 11.0 Å². The molecule has 2 aliphatic heterocycles. The van der Waals surface area contributed by atoms with Crippen LogP contribution < -0.4 is 10.2 Å². The van der Waals surface area contributed by atoms with Crippen molar-refractivity contribution in [1.82, 2.24) is 29.7 Å². The summed E-state index contributed by atoms with van der Waals surface area (Å²) in [5, 5.41) is 7.04. The highest BCUT2D eigenvalue weighted by molar-refractivity contribution is 5.40. The van der Waals surface area contributed by atoms with Gasteiger partial charge in [-0.05, 0) is 12.8 Å². The van der Waals surface area contributed by atoms with Gasteiger partial charge in [-0.2, -0.15) is 24.7 Å². The monoisotopic (exact) mass is 288 g/mol. The number of aromatic nitrogens is 6. The zero-order valence-corrected chi connectivity index (χ0v) is 11.7. The Bertz CT molecular complexity index is 618. The smallest absolute Gasteiger partial charge is 0.258 e. The molecule has 2 aromatic rings. The summed E-state index contributed by atoms with van der Waals surface area (Å²) in [6, 6.07) is 0. The van der Waals surface area contributed by atoms with E-state index in [1.807, 2.05) is 0 Å². The van der Waals surface area contributed by atoms with Crippen molar-refractivity contribution in [3.63, 3.8) is 0 Å². The summed E-state index contributed by atoms with van der Waals surface area (Å²) in [6.07, 6.45) is 5.82. The molecule has 9 nitrogen and oxygen atoms in total. The third kappa shape index (κ3) is 2.29. The van der Waals surface area contributed by atoms with E-state index in [0.29, 0.717) is 17.8 Å². The summed E-state index contributed by atoms with van der Waals surface area (Å²) in [7, 11) is 1.78. The van der Waals surface area contributed by atoms with E-state index in [9.17, 15) is 0 Å². The molecule has 2 unspecified atom stereocenters. The standard InChI is InChI=1S/C12H16N8O/c1-13-10-16-11(18-12(17-10)20-7-14-6-15-20)19-4-8-2-3-9(5-19)21-8/h6-9H,2-5H2,1H3,(H,13,16,17,18). The van der Waals surface area contributed by atoms with Gasteiger partial charge in [-0.3, -0.25) is 0 Å². The molecule has 4 rings (SSSR count). The van der Waals surface area contributed by atoms with Crippen molar-refractivity contribution in [3.8, 4) is 5.95 Å². The average molecular weight is 288 g/mol. The molecule has 2 fully saturated rings. The van der Waals surface area contributed by atoms with E-state index < -0.39 is 0 Å². The predicted molar refractivity (Wildman–Crippen MR) is 74.4 cm³/mol. The molecule has 0 aromatic carbocycles. The number of hydrogen-bond donors (Lipinski definition) is 1. The summed E-state index contributed by atoms with van der Waals surface area (Å²) in [6.45, 7) is 1.64. The number of anilines is 2. The van der Waals surface area contributed by atoms with Gasteiger partial charge in [0.25, 0.3) is 5.95 Å². The summed E-state index contributed by atoms with van der Waals surface area (Å²) in [4.78, 5) is 19.4. The summed E-state index contributed by atoms with van der Waals surface area (Å²) in [5.74, 6) is 1.63. The molecule has 2 saturated heterocycles. The highest BCUT2D eigenvalue weighted by Gasteiger charge is 2.35. The number of hydrogen-bond acceptors (Lipinski definition) is 8.